The normalized spacial score (nSPS) is 19.5. The van der Waals surface area contributed by atoms with E-state index in [2.05, 4.69) is 10.6 Å². The van der Waals surface area contributed by atoms with E-state index < -0.39 is 71.4 Å². The Morgan fingerprint density at radius 2 is 1.48 bits per heavy atom. The first-order valence-electron chi connectivity index (χ1n) is 14.3. The van der Waals surface area contributed by atoms with E-state index in [4.69, 9.17) is 5.73 Å². The molecule has 12 nitrogen and oxygen atoms in total. The van der Waals surface area contributed by atoms with Gasteiger partial charge in [-0.15, -0.1) is 0 Å². The first-order valence-corrected chi connectivity index (χ1v) is 14.3. The van der Waals surface area contributed by atoms with Gasteiger partial charge in [-0.2, -0.15) is 0 Å². The second kappa shape index (κ2) is 14.4. The summed E-state index contributed by atoms with van der Waals surface area (Å²) in [5.41, 5.74) is 3.77. The van der Waals surface area contributed by atoms with Crippen molar-refractivity contribution in [2.75, 3.05) is 0 Å². The zero-order valence-electron chi connectivity index (χ0n) is 25.2. The van der Waals surface area contributed by atoms with Crippen LogP contribution in [0.2, 0.25) is 0 Å². The van der Waals surface area contributed by atoms with Gasteiger partial charge in [-0.25, -0.2) is 4.79 Å². The van der Waals surface area contributed by atoms with Crippen LogP contribution < -0.4 is 16.4 Å². The molecule has 6 N–H and O–H groups in total. The number of aromatic hydroxyl groups is 1. The van der Waals surface area contributed by atoms with Gasteiger partial charge in [0.25, 0.3) is 5.91 Å². The van der Waals surface area contributed by atoms with Gasteiger partial charge < -0.3 is 26.6 Å². The second-order valence-electron chi connectivity index (χ2n) is 12.2. The topological polar surface area (TPSA) is 196 Å². The summed E-state index contributed by atoms with van der Waals surface area (Å²) < 4.78 is 0. The van der Waals surface area contributed by atoms with Crippen LogP contribution in [0.4, 0.5) is 0 Å². The van der Waals surface area contributed by atoms with Gasteiger partial charge in [0.05, 0.1) is 6.04 Å². The minimum absolute atomic E-state index is 0.0261. The number of likely N-dealkylation sites (tertiary alicyclic amines) is 1. The first-order chi connectivity index (χ1) is 19.5. The highest BCUT2D eigenvalue weighted by Gasteiger charge is 2.58. The summed E-state index contributed by atoms with van der Waals surface area (Å²) in [5.74, 6) is -6.20. The number of carboxylic acid groups (broad SMARTS) is 1. The molecule has 0 aliphatic carbocycles. The molecule has 0 spiro atoms. The standard InChI is InChI=1S/C30H44N4O8/c1-16(2)13-21(31)26(38)32-22(14-17(3)4)27(39)33-25(18(5)6)28(40)34-24(37)12-11-23(36)30(34,29(41)42)15-19-7-9-20(35)10-8-19/h7-10,16-18,21-22,25,35H,11-15,31H2,1-6H3,(H,32,38)(H,33,39)(H,41,42)/t21-,22-,25-,30+/m0/s1. The molecule has 1 aromatic rings. The number of ketones is 1. The zero-order chi connectivity index (χ0) is 31.9. The Kier molecular flexibility index (Phi) is 11.8. The second-order valence-corrected chi connectivity index (χ2v) is 12.2. The average Bonchev–Trinajstić information content (AvgIpc) is 2.88. The first kappa shape index (κ1) is 34.4. The van der Waals surface area contributed by atoms with E-state index in [1.165, 1.54) is 24.3 Å². The number of nitrogens with zero attached hydrogens (tertiary/aromatic N) is 1. The molecule has 42 heavy (non-hydrogen) atoms. The van der Waals surface area contributed by atoms with Crippen molar-refractivity contribution in [2.45, 2.75) is 97.3 Å². The minimum Gasteiger partial charge on any atom is -0.508 e. The summed E-state index contributed by atoms with van der Waals surface area (Å²) in [6, 6.07) is 2.13. The number of benzene rings is 1. The van der Waals surface area contributed by atoms with Crippen LogP contribution in [0.5, 0.6) is 5.75 Å². The third kappa shape index (κ3) is 8.15. The maximum Gasteiger partial charge on any atom is 0.338 e. The number of nitrogens with one attached hydrogen (secondary N) is 2. The lowest BCUT2D eigenvalue weighted by Crippen LogP contribution is -2.70. The molecule has 0 radical (unpaired) electrons. The Morgan fingerprint density at radius 1 is 0.905 bits per heavy atom. The molecule has 232 valence electrons. The molecular formula is C30H44N4O8. The Morgan fingerprint density at radius 3 is 1.98 bits per heavy atom. The highest BCUT2D eigenvalue weighted by Crippen LogP contribution is 2.32. The van der Waals surface area contributed by atoms with Gasteiger partial charge in [-0.3, -0.25) is 28.9 Å². The van der Waals surface area contributed by atoms with E-state index >= 15 is 0 Å². The number of hydrogen-bond donors (Lipinski definition) is 5. The molecule has 0 bridgehead atoms. The van der Waals surface area contributed by atoms with E-state index in [9.17, 15) is 39.0 Å². The summed E-state index contributed by atoms with van der Waals surface area (Å²) in [6.45, 7) is 10.7. The van der Waals surface area contributed by atoms with Crippen LogP contribution in [0.15, 0.2) is 24.3 Å². The van der Waals surface area contributed by atoms with Crippen molar-refractivity contribution in [1.29, 1.82) is 0 Å². The third-order valence-corrected chi connectivity index (χ3v) is 7.26. The van der Waals surface area contributed by atoms with Crippen LogP contribution in [0, 0.1) is 17.8 Å². The molecule has 1 aliphatic rings. The van der Waals surface area contributed by atoms with Crippen LogP contribution in [0.1, 0.15) is 72.8 Å². The number of hydrogen-bond acceptors (Lipinski definition) is 8. The summed E-state index contributed by atoms with van der Waals surface area (Å²) in [5, 5.41) is 25.3. The number of imide groups is 1. The van der Waals surface area contributed by atoms with Crippen LogP contribution in [0.3, 0.4) is 0 Å². The molecule has 1 fully saturated rings. The summed E-state index contributed by atoms with van der Waals surface area (Å²) in [7, 11) is 0. The van der Waals surface area contributed by atoms with E-state index in [1.807, 2.05) is 27.7 Å². The predicted octanol–water partition coefficient (Wildman–Crippen LogP) is 1.52. The molecule has 0 saturated carbocycles. The monoisotopic (exact) mass is 588 g/mol. The molecule has 0 aromatic heterocycles. The van der Waals surface area contributed by atoms with Gasteiger partial charge in [-0.05, 0) is 48.3 Å². The molecule has 12 heteroatoms. The Bertz CT molecular complexity index is 1180. The number of nitrogens with two attached hydrogens (primary N) is 1. The lowest BCUT2D eigenvalue weighted by atomic mass is 9.79. The molecular weight excluding hydrogens is 544 g/mol. The fourth-order valence-electron chi connectivity index (χ4n) is 5.07. The van der Waals surface area contributed by atoms with E-state index in [-0.39, 0.29) is 36.8 Å². The number of carboxylic acids is 1. The maximum absolute atomic E-state index is 14.0. The third-order valence-electron chi connectivity index (χ3n) is 7.26. The number of piperidine rings is 1. The smallest absolute Gasteiger partial charge is 0.338 e. The van der Waals surface area contributed by atoms with E-state index in [0.717, 1.165) is 0 Å². The van der Waals surface area contributed by atoms with Gasteiger partial charge in [0.2, 0.25) is 23.3 Å². The zero-order valence-corrected chi connectivity index (χ0v) is 25.2. The number of phenols is 1. The van der Waals surface area contributed by atoms with Gasteiger partial charge in [0.1, 0.15) is 17.8 Å². The van der Waals surface area contributed by atoms with Gasteiger partial charge >= 0.3 is 5.97 Å². The number of carbonyl (C=O) groups excluding carboxylic acids is 5. The molecule has 1 aromatic carbocycles. The SMILES string of the molecule is CC(C)C[C@H](NC(=O)[C@@H](N)CC(C)C)C(=O)N[C@H](C(=O)N1C(=O)CCC(=O)[C@]1(Cc1ccc(O)cc1)C(=O)O)C(C)C. The van der Waals surface area contributed by atoms with Crippen molar-refractivity contribution in [1.82, 2.24) is 15.5 Å². The van der Waals surface area contributed by atoms with E-state index in [1.54, 1.807) is 13.8 Å². The van der Waals surface area contributed by atoms with Crippen LogP contribution in [-0.2, 0) is 35.2 Å². The maximum atomic E-state index is 14.0. The highest BCUT2D eigenvalue weighted by atomic mass is 16.4. The van der Waals surface area contributed by atoms with E-state index in [0.29, 0.717) is 16.9 Å². The minimum atomic E-state index is -2.55. The molecule has 0 unspecified atom stereocenters. The summed E-state index contributed by atoms with van der Waals surface area (Å²) in [4.78, 5) is 80.0. The largest absolute Gasteiger partial charge is 0.508 e. The highest BCUT2D eigenvalue weighted by molar-refractivity contribution is 6.19. The number of carbonyl (C=O) groups is 6. The number of aliphatic carboxylic acids is 1. The van der Waals surface area contributed by atoms with Gasteiger partial charge in [0, 0.05) is 19.3 Å². The Balaban J connectivity index is 2.46. The van der Waals surface area contributed by atoms with Crippen LogP contribution in [0.25, 0.3) is 0 Å². The van der Waals surface area contributed by atoms with Crippen molar-refractivity contribution >= 4 is 35.4 Å². The lowest BCUT2D eigenvalue weighted by molar-refractivity contribution is -0.175. The number of rotatable bonds is 13. The molecule has 1 aliphatic heterocycles. The lowest BCUT2D eigenvalue weighted by Gasteiger charge is -2.43. The van der Waals surface area contributed by atoms with Crippen molar-refractivity contribution in [3.8, 4) is 5.75 Å². The quantitative estimate of drug-likeness (QED) is 0.212. The molecule has 1 heterocycles. The number of amides is 4. The van der Waals surface area contributed by atoms with Crippen molar-refractivity contribution in [3.63, 3.8) is 0 Å². The summed E-state index contributed by atoms with van der Waals surface area (Å²) in [6.07, 6.45) is -0.625. The van der Waals surface area contributed by atoms with Crippen LogP contribution in [-0.4, -0.2) is 74.2 Å². The average molecular weight is 589 g/mol. The van der Waals surface area contributed by atoms with Gasteiger partial charge in [0.15, 0.2) is 5.78 Å². The molecule has 2 rings (SSSR count). The summed E-state index contributed by atoms with van der Waals surface area (Å²) >= 11 is 0. The van der Waals surface area contributed by atoms with Gasteiger partial charge in [-0.1, -0.05) is 53.7 Å². The number of phenolic OH excluding ortho intramolecular Hbond substituents is 1. The molecule has 4 atom stereocenters. The van der Waals surface area contributed by atoms with Crippen LogP contribution >= 0.6 is 0 Å². The fraction of sp³-hybridized carbons (Fsp3) is 0.600. The molecule has 1 saturated heterocycles. The van der Waals surface area contributed by atoms with Crippen molar-refractivity contribution < 1.29 is 39.0 Å². The van der Waals surface area contributed by atoms with Crippen molar-refractivity contribution in [3.05, 3.63) is 29.8 Å². The molecule has 4 amide bonds. The fourth-order valence-corrected chi connectivity index (χ4v) is 5.07. The predicted molar refractivity (Wildman–Crippen MR) is 154 cm³/mol. The van der Waals surface area contributed by atoms with Crippen molar-refractivity contribution in [2.24, 2.45) is 23.5 Å². The number of Topliss-reactive ketones (excluding diaryl/α,β-unsaturated/α-hetero) is 1. The Labute approximate surface area is 246 Å². The Hall–Kier alpha value is -3.80.